The van der Waals surface area contributed by atoms with Crippen LogP contribution in [0.1, 0.15) is 47.0 Å². The highest BCUT2D eigenvalue weighted by molar-refractivity contribution is 5.74. The monoisotopic (exact) mass is 264 g/mol. The van der Waals surface area contributed by atoms with Gasteiger partial charge in [0, 0.05) is 12.6 Å². The third kappa shape index (κ3) is 4.34. The lowest BCUT2D eigenvalue weighted by atomic mass is 10.1. The molecule has 0 aliphatic heterocycles. The van der Waals surface area contributed by atoms with Crippen LogP contribution in [0.25, 0.3) is 0 Å². The van der Waals surface area contributed by atoms with Gasteiger partial charge in [-0.25, -0.2) is 0 Å². The van der Waals surface area contributed by atoms with Crippen LogP contribution in [0.3, 0.4) is 0 Å². The van der Waals surface area contributed by atoms with E-state index in [1.807, 2.05) is 19.1 Å². The second-order valence-electron chi connectivity index (χ2n) is 5.12. The number of hydrogen-bond donors (Lipinski definition) is 1. The van der Waals surface area contributed by atoms with E-state index in [9.17, 15) is 0 Å². The molecule has 0 amide bonds. The molecule has 1 rings (SSSR count). The highest BCUT2D eigenvalue weighted by Gasteiger charge is 2.15. The number of nitrogen functional groups attached to an aromatic ring is 1. The molecule has 0 aliphatic carbocycles. The number of anilines is 2. The standard InChI is InChI=1S/C16H28N2O/c1-5-7-8-12-18(13(3)4)14-10-9-11-15(16(14)17)19-6-2/h9-11,13H,5-8,12,17H2,1-4H3. The number of unbranched alkanes of at least 4 members (excludes halogenated alkanes) is 2. The van der Waals surface area contributed by atoms with Gasteiger partial charge in [-0.2, -0.15) is 0 Å². The molecule has 0 radical (unpaired) electrons. The maximum absolute atomic E-state index is 6.25. The molecule has 3 nitrogen and oxygen atoms in total. The number of para-hydroxylation sites is 1. The molecule has 0 aromatic heterocycles. The lowest BCUT2D eigenvalue weighted by molar-refractivity contribution is 0.342. The number of nitrogens with two attached hydrogens (primary N) is 1. The molecule has 0 unspecified atom stereocenters. The van der Waals surface area contributed by atoms with Crippen molar-refractivity contribution in [3.63, 3.8) is 0 Å². The minimum absolute atomic E-state index is 0.441. The fourth-order valence-electron chi connectivity index (χ4n) is 2.25. The summed E-state index contributed by atoms with van der Waals surface area (Å²) in [7, 11) is 0. The van der Waals surface area contributed by atoms with E-state index in [1.54, 1.807) is 0 Å². The van der Waals surface area contributed by atoms with Crippen molar-refractivity contribution in [3.8, 4) is 5.75 Å². The van der Waals surface area contributed by atoms with E-state index in [1.165, 1.54) is 19.3 Å². The molecule has 0 atom stereocenters. The molecule has 2 N–H and O–H groups in total. The van der Waals surface area contributed by atoms with Crippen LogP contribution in [0, 0.1) is 0 Å². The van der Waals surface area contributed by atoms with Crippen LogP contribution in [0.4, 0.5) is 11.4 Å². The second-order valence-corrected chi connectivity index (χ2v) is 5.12. The number of nitrogens with zero attached hydrogens (tertiary/aromatic N) is 1. The Bertz CT molecular complexity index is 377. The van der Waals surface area contributed by atoms with Crippen molar-refractivity contribution in [1.82, 2.24) is 0 Å². The summed E-state index contributed by atoms with van der Waals surface area (Å²) in [5.74, 6) is 0.793. The third-order valence-corrected chi connectivity index (χ3v) is 3.28. The number of benzene rings is 1. The molecule has 0 bridgehead atoms. The van der Waals surface area contributed by atoms with Gasteiger partial charge in [-0.1, -0.05) is 25.8 Å². The summed E-state index contributed by atoms with van der Waals surface area (Å²) in [6, 6.07) is 6.48. The van der Waals surface area contributed by atoms with Crippen LogP contribution in [0.5, 0.6) is 5.75 Å². The van der Waals surface area contributed by atoms with E-state index in [4.69, 9.17) is 10.5 Å². The quantitative estimate of drug-likeness (QED) is 0.568. The number of rotatable bonds is 8. The van der Waals surface area contributed by atoms with Crippen LogP contribution >= 0.6 is 0 Å². The van der Waals surface area contributed by atoms with Gasteiger partial charge in [-0.15, -0.1) is 0 Å². The van der Waals surface area contributed by atoms with Crippen LogP contribution in [-0.4, -0.2) is 19.2 Å². The summed E-state index contributed by atoms with van der Waals surface area (Å²) in [4.78, 5) is 2.37. The first-order chi connectivity index (χ1) is 9.11. The van der Waals surface area contributed by atoms with Crippen LogP contribution in [0.15, 0.2) is 18.2 Å². The minimum atomic E-state index is 0.441. The zero-order valence-electron chi connectivity index (χ0n) is 12.8. The van der Waals surface area contributed by atoms with Crippen molar-refractivity contribution in [2.75, 3.05) is 23.8 Å². The number of ether oxygens (including phenoxy) is 1. The number of hydrogen-bond acceptors (Lipinski definition) is 3. The molecule has 1 aromatic rings. The molecule has 0 aliphatic rings. The predicted molar refractivity (Wildman–Crippen MR) is 84.0 cm³/mol. The van der Waals surface area contributed by atoms with E-state index in [2.05, 4.69) is 31.7 Å². The topological polar surface area (TPSA) is 38.5 Å². The molecule has 0 saturated heterocycles. The van der Waals surface area contributed by atoms with Crippen molar-refractivity contribution < 1.29 is 4.74 Å². The summed E-state index contributed by atoms with van der Waals surface area (Å²) in [6.45, 7) is 10.3. The fourth-order valence-corrected chi connectivity index (χ4v) is 2.25. The van der Waals surface area contributed by atoms with Crippen molar-refractivity contribution in [1.29, 1.82) is 0 Å². The van der Waals surface area contributed by atoms with Gasteiger partial charge >= 0.3 is 0 Å². The lowest BCUT2D eigenvalue weighted by Gasteiger charge is -2.30. The predicted octanol–water partition coefficient (Wildman–Crippen LogP) is 4.07. The summed E-state index contributed by atoms with van der Waals surface area (Å²) in [5, 5.41) is 0. The molecule has 0 saturated carbocycles. The highest BCUT2D eigenvalue weighted by Crippen LogP contribution is 2.33. The summed E-state index contributed by atoms with van der Waals surface area (Å²) in [6.07, 6.45) is 3.70. The molecule has 3 heteroatoms. The average molecular weight is 264 g/mol. The Balaban J connectivity index is 2.92. The second kappa shape index (κ2) is 7.93. The largest absolute Gasteiger partial charge is 0.492 e. The molecule has 19 heavy (non-hydrogen) atoms. The molecule has 0 spiro atoms. The molecule has 108 valence electrons. The summed E-state index contributed by atoms with van der Waals surface area (Å²) >= 11 is 0. The Labute approximate surface area is 117 Å². The normalized spacial score (nSPS) is 10.8. The van der Waals surface area contributed by atoms with E-state index >= 15 is 0 Å². The molecular formula is C16H28N2O. The van der Waals surface area contributed by atoms with Gasteiger partial charge in [0.1, 0.15) is 5.75 Å². The Morgan fingerprint density at radius 1 is 1.21 bits per heavy atom. The Morgan fingerprint density at radius 2 is 1.95 bits per heavy atom. The first-order valence-corrected chi connectivity index (χ1v) is 7.39. The Hall–Kier alpha value is -1.38. The van der Waals surface area contributed by atoms with Gasteiger partial charge in [-0.3, -0.25) is 0 Å². The minimum Gasteiger partial charge on any atom is -0.492 e. The average Bonchev–Trinajstić information content (AvgIpc) is 2.38. The van der Waals surface area contributed by atoms with E-state index in [0.29, 0.717) is 12.6 Å². The van der Waals surface area contributed by atoms with E-state index in [0.717, 1.165) is 23.7 Å². The van der Waals surface area contributed by atoms with Crippen LogP contribution in [0.2, 0.25) is 0 Å². The van der Waals surface area contributed by atoms with Crippen molar-refractivity contribution >= 4 is 11.4 Å². The fraction of sp³-hybridized carbons (Fsp3) is 0.625. The molecular weight excluding hydrogens is 236 g/mol. The van der Waals surface area contributed by atoms with Gasteiger partial charge in [0.2, 0.25) is 0 Å². The zero-order chi connectivity index (χ0) is 14.3. The molecule has 0 heterocycles. The van der Waals surface area contributed by atoms with Crippen LogP contribution in [-0.2, 0) is 0 Å². The maximum Gasteiger partial charge on any atom is 0.144 e. The van der Waals surface area contributed by atoms with Crippen molar-refractivity contribution in [3.05, 3.63) is 18.2 Å². The van der Waals surface area contributed by atoms with Crippen molar-refractivity contribution in [2.45, 2.75) is 53.0 Å². The van der Waals surface area contributed by atoms with Gasteiger partial charge in [0.15, 0.2) is 0 Å². The van der Waals surface area contributed by atoms with Crippen LogP contribution < -0.4 is 15.4 Å². The van der Waals surface area contributed by atoms with Gasteiger partial charge < -0.3 is 15.4 Å². The third-order valence-electron chi connectivity index (χ3n) is 3.28. The Morgan fingerprint density at radius 3 is 2.53 bits per heavy atom. The van der Waals surface area contributed by atoms with E-state index < -0.39 is 0 Å². The first-order valence-electron chi connectivity index (χ1n) is 7.39. The highest BCUT2D eigenvalue weighted by atomic mass is 16.5. The van der Waals surface area contributed by atoms with Gasteiger partial charge in [-0.05, 0) is 39.3 Å². The smallest absolute Gasteiger partial charge is 0.144 e. The first kappa shape index (κ1) is 15.7. The maximum atomic E-state index is 6.25. The molecule has 1 aromatic carbocycles. The Kier molecular flexibility index (Phi) is 6.54. The zero-order valence-corrected chi connectivity index (χ0v) is 12.8. The SMILES string of the molecule is CCCCCN(c1cccc(OCC)c1N)C(C)C. The summed E-state index contributed by atoms with van der Waals surface area (Å²) in [5.41, 5.74) is 8.10. The van der Waals surface area contributed by atoms with E-state index in [-0.39, 0.29) is 0 Å². The lowest BCUT2D eigenvalue weighted by Crippen LogP contribution is -2.32. The summed E-state index contributed by atoms with van der Waals surface area (Å²) < 4.78 is 5.58. The van der Waals surface area contributed by atoms with Gasteiger partial charge in [0.25, 0.3) is 0 Å². The molecule has 0 fully saturated rings. The van der Waals surface area contributed by atoms with Crippen molar-refractivity contribution in [2.24, 2.45) is 0 Å². The van der Waals surface area contributed by atoms with Gasteiger partial charge in [0.05, 0.1) is 18.0 Å².